The Kier molecular flexibility index (Phi) is 4.58. The summed E-state index contributed by atoms with van der Waals surface area (Å²) in [6.07, 6.45) is 2.69. The zero-order chi connectivity index (χ0) is 17.9. The molecule has 1 aromatic heterocycles. The SMILES string of the molecule is COc1ccc(Nc2nncc(N3CCc4ccccc4C3)n2)cc1Cl. The van der Waals surface area contributed by atoms with Crippen molar-refractivity contribution in [2.45, 2.75) is 13.0 Å². The van der Waals surface area contributed by atoms with Crippen LogP contribution in [0.15, 0.2) is 48.7 Å². The standard InChI is InChI=1S/C19H18ClN5O/c1-26-17-7-6-15(10-16(17)20)22-19-23-18(11-21-24-19)25-9-8-13-4-2-3-5-14(13)12-25/h2-7,10-11H,8-9,12H2,1H3,(H,22,23,24). The molecule has 0 radical (unpaired) electrons. The summed E-state index contributed by atoms with van der Waals surface area (Å²) in [7, 11) is 1.58. The van der Waals surface area contributed by atoms with E-state index >= 15 is 0 Å². The number of nitrogens with zero attached hydrogens (tertiary/aromatic N) is 4. The van der Waals surface area contributed by atoms with Crippen molar-refractivity contribution in [3.63, 3.8) is 0 Å². The Labute approximate surface area is 156 Å². The number of fused-ring (bicyclic) bond motifs is 1. The van der Waals surface area contributed by atoms with Crippen molar-refractivity contribution in [1.29, 1.82) is 0 Å². The molecule has 0 saturated carbocycles. The van der Waals surface area contributed by atoms with Gasteiger partial charge in [-0.1, -0.05) is 35.9 Å². The lowest BCUT2D eigenvalue weighted by molar-refractivity contribution is 0.415. The van der Waals surface area contributed by atoms with Crippen molar-refractivity contribution in [2.75, 3.05) is 23.9 Å². The van der Waals surface area contributed by atoms with E-state index in [0.29, 0.717) is 16.7 Å². The van der Waals surface area contributed by atoms with Crippen LogP contribution in [0.3, 0.4) is 0 Å². The van der Waals surface area contributed by atoms with E-state index in [4.69, 9.17) is 16.3 Å². The van der Waals surface area contributed by atoms with Gasteiger partial charge in [-0.15, -0.1) is 5.10 Å². The second kappa shape index (κ2) is 7.17. The van der Waals surface area contributed by atoms with E-state index < -0.39 is 0 Å². The molecule has 0 spiro atoms. The number of hydrogen-bond acceptors (Lipinski definition) is 6. The number of ether oxygens (including phenoxy) is 1. The third-order valence-corrected chi connectivity index (χ3v) is 4.70. The van der Waals surface area contributed by atoms with Crippen LogP contribution in [0.1, 0.15) is 11.1 Å². The zero-order valence-corrected chi connectivity index (χ0v) is 15.1. The van der Waals surface area contributed by atoms with Crippen molar-refractivity contribution < 1.29 is 4.74 Å². The second-order valence-electron chi connectivity index (χ2n) is 6.05. The van der Waals surface area contributed by atoms with Crippen LogP contribution in [0.2, 0.25) is 5.02 Å². The van der Waals surface area contributed by atoms with Crippen LogP contribution in [0, 0.1) is 0 Å². The monoisotopic (exact) mass is 367 g/mol. The molecule has 3 aromatic rings. The fraction of sp³-hybridized carbons (Fsp3) is 0.211. The fourth-order valence-electron chi connectivity index (χ4n) is 3.06. The van der Waals surface area contributed by atoms with Crippen molar-refractivity contribution in [3.05, 3.63) is 64.8 Å². The molecule has 0 atom stereocenters. The summed E-state index contributed by atoms with van der Waals surface area (Å²) in [6, 6.07) is 13.9. The van der Waals surface area contributed by atoms with Crippen LogP contribution >= 0.6 is 11.6 Å². The van der Waals surface area contributed by atoms with Crippen LogP contribution in [-0.2, 0) is 13.0 Å². The third-order valence-electron chi connectivity index (χ3n) is 4.41. The molecule has 7 heteroatoms. The summed E-state index contributed by atoms with van der Waals surface area (Å²) >= 11 is 6.17. The normalized spacial score (nSPS) is 13.2. The van der Waals surface area contributed by atoms with E-state index in [2.05, 4.69) is 49.7 Å². The molecule has 0 unspecified atom stereocenters. The summed E-state index contributed by atoms with van der Waals surface area (Å²) < 4.78 is 5.17. The number of anilines is 3. The van der Waals surface area contributed by atoms with Gasteiger partial charge in [-0.25, -0.2) is 0 Å². The van der Waals surface area contributed by atoms with Crippen LogP contribution < -0.4 is 15.0 Å². The van der Waals surface area contributed by atoms with Crippen molar-refractivity contribution in [1.82, 2.24) is 15.2 Å². The van der Waals surface area contributed by atoms with Gasteiger partial charge >= 0.3 is 0 Å². The molecule has 4 rings (SSSR count). The first-order valence-corrected chi connectivity index (χ1v) is 8.73. The predicted octanol–water partition coefficient (Wildman–Crippen LogP) is 3.84. The van der Waals surface area contributed by atoms with Gasteiger partial charge in [-0.05, 0) is 35.7 Å². The van der Waals surface area contributed by atoms with Crippen LogP contribution in [0.5, 0.6) is 5.75 Å². The maximum atomic E-state index is 6.17. The summed E-state index contributed by atoms with van der Waals surface area (Å²) in [5.74, 6) is 1.86. The van der Waals surface area contributed by atoms with Gasteiger partial charge in [0.2, 0.25) is 5.95 Å². The lowest BCUT2D eigenvalue weighted by atomic mass is 10.0. The molecule has 0 fully saturated rings. The summed E-state index contributed by atoms with van der Waals surface area (Å²) in [5, 5.41) is 11.8. The number of aromatic nitrogens is 3. The number of methoxy groups -OCH3 is 1. The molecule has 6 nitrogen and oxygen atoms in total. The lowest BCUT2D eigenvalue weighted by Crippen LogP contribution is -2.31. The van der Waals surface area contributed by atoms with Gasteiger partial charge < -0.3 is 15.0 Å². The first-order valence-electron chi connectivity index (χ1n) is 8.35. The predicted molar refractivity (Wildman–Crippen MR) is 102 cm³/mol. The molecule has 0 bridgehead atoms. The minimum atomic E-state index is 0.433. The third kappa shape index (κ3) is 3.41. The summed E-state index contributed by atoms with van der Waals surface area (Å²) in [6.45, 7) is 1.73. The Bertz CT molecular complexity index is 933. The van der Waals surface area contributed by atoms with E-state index in [1.165, 1.54) is 11.1 Å². The highest BCUT2D eigenvalue weighted by Crippen LogP contribution is 2.28. The van der Waals surface area contributed by atoms with Gasteiger partial charge in [0.15, 0.2) is 5.82 Å². The minimum absolute atomic E-state index is 0.433. The molecular weight excluding hydrogens is 350 g/mol. The van der Waals surface area contributed by atoms with Crippen LogP contribution in [-0.4, -0.2) is 28.8 Å². The summed E-state index contributed by atoms with van der Waals surface area (Å²) in [4.78, 5) is 6.82. The lowest BCUT2D eigenvalue weighted by Gasteiger charge is -2.29. The molecule has 2 heterocycles. The molecule has 1 aliphatic rings. The zero-order valence-electron chi connectivity index (χ0n) is 14.3. The van der Waals surface area contributed by atoms with E-state index in [9.17, 15) is 0 Å². The van der Waals surface area contributed by atoms with E-state index in [0.717, 1.165) is 31.0 Å². The molecule has 1 aliphatic heterocycles. The van der Waals surface area contributed by atoms with Crippen molar-refractivity contribution >= 4 is 29.1 Å². The van der Waals surface area contributed by atoms with E-state index in [-0.39, 0.29) is 0 Å². The van der Waals surface area contributed by atoms with Gasteiger partial charge in [0.05, 0.1) is 18.3 Å². The van der Waals surface area contributed by atoms with Crippen LogP contribution in [0.4, 0.5) is 17.5 Å². The first kappa shape index (κ1) is 16.6. The smallest absolute Gasteiger partial charge is 0.249 e. The minimum Gasteiger partial charge on any atom is -0.495 e. The number of nitrogens with one attached hydrogen (secondary N) is 1. The van der Waals surface area contributed by atoms with Crippen LogP contribution in [0.25, 0.3) is 0 Å². The van der Waals surface area contributed by atoms with Gasteiger partial charge in [0.1, 0.15) is 5.75 Å². The molecule has 0 aliphatic carbocycles. The Morgan fingerprint density at radius 1 is 1.15 bits per heavy atom. The number of hydrogen-bond donors (Lipinski definition) is 1. The topological polar surface area (TPSA) is 63.2 Å². The molecule has 132 valence electrons. The Balaban J connectivity index is 1.53. The maximum absolute atomic E-state index is 6.17. The Hall–Kier alpha value is -2.86. The second-order valence-corrected chi connectivity index (χ2v) is 6.46. The molecule has 2 aromatic carbocycles. The maximum Gasteiger partial charge on any atom is 0.249 e. The molecule has 0 amide bonds. The Morgan fingerprint density at radius 3 is 2.81 bits per heavy atom. The van der Waals surface area contributed by atoms with Crippen molar-refractivity contribution in [2.24, 2.45) is 0 Å². The van der Waals surface area contributed by atoms with Gasteiger partial charge in [-0.2, -0.15) is 10.1 Å². The quantitative estimate of drug-likeness (QED) is 0.755. The highest BCUT2D eigenvalue weighted by Gasteiger charge is 2.18. The molecule has 26 heavy (non-hydrogen) atoms. The largest absolute Gasteiger partial charge is 0.495 e. The fourth-order valence-corrected chi connectivity index (χ4v) is 3.32. The van der Waals surface area contributed by atoms with Gasteiger partial charge in [0, 0.05) is 18.8 Å². The number of benzene rings is 2. The average Bonchev–Trinajstić information content (AvgIpc) is 2.68. The van der Waals surface area contributed by atoms with Gasteiger partial charge in [0.25, 0.3) is 0 Å². The first-order chi connectivity index (χ1) is 12.7. The van der Waals surface area contributed by atoms with Gasteiger partial charge in [-0.3, -0.25) is 0 Å². The molecular formula is C19H18ClN5O. The van der Waals surface area contributed by atoms with E-state index in [1.807, 2.05) is 6.07 Å². The Morgan fingerprint density at radius 2 is 2.00 bits per heavy atom. The summed E-state index contributed by atoms with van der Waals surface area (Å²) in [5.41, 5.74) is 3.50. The number of rotatable bonds is 4. The van der Waals surface area contributed by atoms with E-state index in [1.54, 1.807) is 25.4 Å². The van der Waals surface area contributed by atoms with Crippen molar-refractivity contribution in [3.8, 4) is 5.75 Å². The highest BCUT2D eigenvalue weighted by molar-refractivity contribution is 6.32. The number of halogens is 1. The average molecular weight is 368 g/mol. The highest BCUT2D eigenvalue weighted by atomic mass is 35.5. The molecule has 1 N–H and O–H groups in total. The molecule has 0 saturated heterocycles.